The number of carbonyl (C=O) groups is 1. The van der Waals surface area contributed by atoms with Gasteiger partial charge in [-0.3, -0.25) is 4.79 Å². The van der Waals surface area contributed by atoms with Crippen molar-refractivity contribution in [1.82, 2.24) is 10.2 Å². The van der Waals surface area contributed by atoms with Crippen molar-refractivity contribution >= 4 is 46.5 Å². The molecule has 0 fully saturated rings. The topological polar surface area (TPSA) is 54.9 Å². The number of benzene rings is 1. The lowest BCUT2D eigenvalue weighted by atomic mass is 10.3. The monoisotopic (exact) mass is 361 g/mol. The van der Waals surface area contributed by atoms with Crippen molar-refractivity contribution in [2.75, 3.05) is 11.1 Å². The van der Waals surface area contributed by atoms with E-state index in [1.54, 1.807) is 18.7 Å². The fraction of sp³-hybridized carbons (Fsp3) is 0.308. The molecule has 0 unspecified atom stereocenters. The third-order valence-corrected chi connectivity index (χ3v) is 5.61. The summed E-state index contributed by atoms with van der Waals surface area (Å²) in [6, 6.07) is 2.92. The number of nitrogens with zero attached hydrogens (tertiary/aromatic N) is 2. The maximum absolute atomic E-state index is 13.5. The molecule has 1 aromatic carbocycles. The van der Waals surface area contributed by atoms with Crippen LogP contribution in [0.4, 0.5) is 14.5 Å². The van der Waals surface area contributed by atoms with Gasteiger partial charge in [-0.1, -0.05) is 41.8 Å². The van der Waals surface area contributed by atoms with Crippen LogP contribution in [0, 0.1) is 11.6 Å². The molecule has 0 saturated heterocycles. The highest BCUT2D eigenvalue weighted by Gasteiger charge is 2.18. The Balaban J connectivity index is 1.98. The van der Waals surface area contributed by atoms with Crippen molar-refractivity contribution in [2.45, 2.75) is 27.8 Å². The zero-order valence-corrected chi connectivity index (χ0v) is 14.2. The van der Waals surface area contributed by atoms with E-state index in [1.165, 1.54) is 23.1 Å². The van der Waals surface area contributed by atoms with Gasteiger partial charge in [-0.05, 0) is 24.8 Å². The van der Waals surface area contributed by atoms with E-state index in [2.05, 4.69) is 15.5 Å². The first-order chi connectivity index (χ1) is 10.5. The Kier molecular flexibility index (Phi) is 6.16. The second-order valence-electron chi connectivity index (χ2n) is 4.14. The minimum atomic E-state index is -0.676. The summed E-state index contributed by atoms with van der Waals surface area (Å²) >= 11 is 4.21. The Morgan fingerprint density at radius 3 is 2.82 bits per heavy atom. The number of rotatable bonds is 6. The molecule has 2 aromatic rings. The molecule has 22 heavy (non-hydrogen) atoms. The van der Waals surface area contributed by atoms with Crippen molar-refractivity contribution in [3.05, 3.63) is 29.8 Å². The highest BCUT2D eigenvalue weighted by Crippen LogP contribution is 2.31. The number of hydrogen-bond acceptors (Lipinski definition) is 6. The van der Waals surface area contributed by atoms with Gasteiger partial charge in [-0.2, -0.15) is 0 Å². The summed E-state index contributed by atoms with van der Waals surface area (Å²) in [5.41, 5.74) is -0.169. The van der Waals surface area contributed by atoms with Crippen molar-refractivity contribution in [3.63, 3.8) is 0 Å². The summed E-state index contributed by atoms with van der Waals surface area (Å²) in [5, 5.41) is 9.86. The van der Waals surface area contributed by atoms with Gasteiger partial charge in [0.2, 0.25) is 5.91 Å². The van der Waals surface area contributed by atoms with Crippen LogP contribution in [-0.2, 0) is 4.79 Å². The predicted octanol–water partition coefficient (Wildman–Crippen LogP) is 4.05. The third kappa shape index (κ3) is 4.65. The Morgan fingerprint density at radius 1 is 1.36 bits per heavy atom. The molecule has 118 valence electrons. The van der Waals surface area contributed by atoms with Gasteiger partial charge in [-0.15, -0.1) is 10.2 Å². The molecule has 1 N–H and O–H groups in total. The summed E-state index contributed by atoms with van der Waals surface area (Å²) in [7, 11) is 0. The van der Waals surface area contributed by atoms with Crippen molar-refractivity contribution in [3.8, 4) is 0 Å². The molecule has 0 radical (unpaired) electrons. The fourth-order valence-electron chi connectivity index (χ4n) is 1.46. The van der Waals surface area contributed by atoms with Crippen LogP contribution in [-0.4, -0.2) is 27.1 Å². The molecular formula is C13H13F2N3OS3. The van der Waals surface area contributed by atoms with Crippen LogP contribution in [0.15, 0.2) is 26.9 Å². The number of nitrogens with one attached hydrogen (secondary N) is 1. The molecule has 1 aromatic heterocycles. The van der Waals surface area contributed by atoms with Gasteiger partial charge in [0.05, 0.1) is 10.9 Å². The van der Waals surface area contributed by atoms with Crippen LogP contribution < -0.4 is 5.32 Å². The quantitative estimate of drug-likeness (QED) is 0.787. The second-order valence-corrected chi connectivity index (χ2v) is 8.22. The van der Waals surface area contributed by atoms with Crippen LogP contribution in [0.5, 0.6) is 0 Å². The van der Waals surface area contributed by atoms with Crippen LogP contribution in [0.3, 0.4) is 0 Å². The first kappa shape index (κ1) is 17.2. The van der Waals surface area contributed by atoms with Crippen molar-refractivity contribution in [1.29, 1.82) is 0 Å². The number of halogens is 2. The van der Waals surface area contributed by atoms with Gasteiger partial charge in [0, 0.05) is 6.07 Å². The van der Waals surface area contributed by atoms with E-state index in [-0.39, 0.29) is 5.69 Å². The van der Waals surface area contributed by atoms with E-state index in [9.17, 15) is 13.6 Å². The van der Waals surface area contributed by atoms with Gasteiger partial charge in [-0.25, -0.2) is 8.78 Å². The minimum absolute atomic E-state index is 0.169. The fourth-order valence-corrected chi connectivity index (χ4v) is 4.52. The van der Waals surface area contributed by atoms with Gasteiger partial charge >= 0.3 is 0 Å². The van der Waals surface area contributed by atoms with E-state index in [1.807, 2.05) is 6.92 Å². The number of aromatic nitrogens is 2. The van der Waals surface area contributed by atoms with E-state index in [4.69, 9.17) is 0 Å². The van der Waals surface area contributed by atoms with Crippen LogP contribution >= 0.6 is 34.9 Å². The number of amides is 1. The molecule has 1 atom stereocenters. The van der Waals surface area contributed by atoms with E-state index in [0.29, 0.717) is 4.34 Å². The molecule has 0 saturated carbocycles. The smallest absolute Gasteiger partial charge is 0.237 e. The Morgan fingerprint density at radius 2 is 2.09 bits per heavy atom. The largest absolute Gasteiger partial charge is 0.323 e. The molecular weight excluding hydrogens is 348 g/mol. The Labute approximate surface area is 139 Å². The molecule has 0 aliphatic heterocycles. The average molecular weight is 361 g/mol. The number of carbonyl (C=O) groups excluding carboxylic acids is 1. The minimum Gasteiger partial charge on any atom is -0.323 e. The molecule has 1 amide bonds. The standard InChI is InChI=1S/C13H13F2N3OS3/c1-3-20-12-17-18-13(22-12)21-7(2)11(19)16-10-6-8(14)4-5-9(10)15/h4-7H,3H2,1-2H3,(H,16,19)/t7-/m0/s1. The van der Waals surface area contributed by atoms with Gasteiger partial charge in [0.1, 0.15) is 11.6 Å². The normalized spacial score (nSPS) is 12.2. The van der Waals surface area contributed by atoms with Gasteiger partial charge < -0.3 is 5.32 Å². The maximum atomic E-state index is 13.5. The summed E-state index contributed by atoms with van der Waals surface area (Å²) in [6.07, 6.45) is 0. The van der Waals surface area contributed by atoms with Crippen LogP contribution in [0.1, 0.15) is 13.8 Å². The maximum Gasteiger partial charge on any atom is 0.237 e. The number of anilines is 1. The summed E-state index contributed by atoms with van der Waals surface area (Å²) < 4.78 is 28.1. The molecule has 0 aliphatic rings. The van der Waals surface area contributed by atoms with Gasteiger partial charge in [0.25, 0.3) is 0 Å². The van der Waals surface area contributed by atoms with Crippen molar-refractivity contribution < 1.29 is 13.6 Å². The third-order valence-electron chi connectivity index (χ3n) is 2.49. The lowest BCUT2D eigenvalue weighted by molar-refractivity contribution is -0.115. The highest BCUT2D eigenvalue weighted by atomic mass is 32.2. The lowest BCUT2D eigenvalue weighted by Gasteiger charge is -2.10. The molecule has 2 rings (SSSR count). The molecule has 0 bridgehead atoms. The molecule has 1 heterocycles. The zero-order valence-electron chi connectivity index (χ0n) is 11.8. The summed E-state index contributed by atoms with van der Waals surface area (Å²) in [5.74, 6) is -0.810. The zero-order chi connectivity index (χ0) is 16.1. The molecule has 4 nitrogen and oxygen atoms in total. The molecule has 0 aliphatic carbocycles. The lowest BCUT2D eigenvalue weighted by Crippen LogP contribution is -2.23. The van der Waals surface area contributed by atoms with E-state index >= 15 is 0 Å². The first-order valence-electron chi connectivity index (χ1n) is 6.38. The van der Waals surface area contributed by atoms with Gasteiger partial charge in [0.15, 0.2) is 8.68 Å². The second kappa shape index (κ2) is 7.89. The predicted molar refractivity (Wildman–Crippen MR) is 86.6 cm³/mol. The van der Waals surface area contributed by atoms with E-state index < -0.39 is 22.8 Å². The van der Waals surface area contributed by atoms with Crippen LogP contribution in [0.25, 0.3) is 0 Å². The molecule has 9 heteroatoms. The first-order valence-corrected chi connectivity index (χ1v) is 9.06. The summed E-state index contributed by atoms with van der Waals surface area (Å²) in [4.78, 5) is 12.0. The highest BCUT2D eigenvalue weighted by molar-refractivity contribution is 8.03. The van der Waals surface area contributed by atoms with E-state index in [0.717, 1.165) is 28.3 Å². The number of hydrogen-bond donors (Lipinski definition) is 1. The summed E-state index contributed by atoms with van der Waals surface area (Å²) in [6.45, 7) is 3.69. The SMILES string of the molecule is CCSc1nnc(S[C@@H](C)C(=O)Nc2cc(F)ccc2F)s1. The Bertz CT molecular complexity index is 666. The number of thioether (sulfide) groups is 2. The Hall–Kier alpha value is -1.19. The molecule has 0 spiro atoms. The van der Waals surface area contributed by atoms with Crippen LogP contribution in [0.2, 0.25) is 0 Å². The average Bonchev–Trinajstić information content (AvgIpc) is 2.90. The van der Waals surface area contributed by atoms with Crippen molar-refractivity contribution in [2.24, 2.45) is 0 Å².